The van der Waals surface area contributed by atoms with Crippen molar-refractivity contribution in [3.05, 3.63) is 68.4 Å². The summed E-state index contributed by atoms with van der Waals surface area (Å²) in [6.07, 6.45) is 0. The van der Waals surface area contributed by atoms with Gasteiger partial charge in [-0.1, -0.05) is 51.8 Å². The van der Waals surface area contributed by atoms with Crippen molar-refractivity contribution in [3.63, 3.8) is 0 Å². The van der Waals surface area contributed by atoms with Crippen LogP contribution in [-0.4, -0.2) is 4.98 Å². The molecule has 0 fully saturated rings. The minimum atomic E-state index is 0.771. The second-order valence-electron chi connectivity index (χ2n) is 4.35. The zero-order valence-corrected chi connectivity index (χ0v) is 14.9. The normalized spacial score (nSPS) is 10.8. The van der Waals surface area contributed by atoms with Crippen molar-refractivity contribution in [3.8, 4) is 11.3 Å². The van der Waals surface area contributed by atoms with Gasteiger partial charge in [0.25, 0.3) is 0 Å². The van der Waals surface area contributed by atoms with Crippen molar-refractivity contribution in [2.45, 2.75) is 10.6 Å². The lowest BCUT2D eigenvalue weighted by atomic mass is 10.2. The van der Waals surface area contributed by atoms with Gasteiger partial charge in [-0.05, 0) is 24.3 Å². The van der Waals surface area contributed by atoms with Crippen molar-refractivity contribution in [2.75, 3.05) is 0 Å². The Morgan fingerprint density at radius 1 is 1.14 bits per heavy atom. The predicted octanol–water partition coefficient (Wildman–Crippen LogP) is 6.52. The molecule has 0 aliphatic rings. The maximum atomic E-state index is 6.00. The van der Waals surface area contributed by atoms with E-state index in [-0.39, 0.29) is 0 Å². The summed E-state index contributed by atoms with van der Waals surface area (Å²) in [5.74, 6) is 0.857. The third kappa shape index (κ3) is 3.89. The molecule has 21 heavy (non-hydrogen) atoms. The van der Waals surface area contributed by atoms with Crippen LogP contribution in [0.4, 0.5) is 0 Å². The molecule has 0 aliphatic heterocycles. The van der Waals surface area contributed by atoms with Crippen LogP contribution in [0.2, 0.25) is 5.02 Å². The first kappa shape index (κ1) is 15.1. The van der Waals surface area contributed by atoms with Crippen LogP contribution in [0.1, 0.15) is 5.01 Å². The Bertz CT molecular complexity index is 757. The average molecular weight is 397 g/mol. The third-order valence-corrected chi connectivity index (χ3v) is 5.82. The number of rotatable bonds is 4. The fourth-order valence-corrected chi connectivity index (χ4v) is 4.38. The van der Waals surface area contributed by atoms with Gasteiger partial charge in [-0.2, -0.15) is 0 Å². The van der Waals surface area contributed by atoms with Crippen LogP contribution in [-0.2, 0) is 5.75 Å². The molecular weight excluding hydrogens is 386 g/mol. The molecule has 3 aromatic rings. The minimum absolute atomic E-state index is 0.771. The summed E-state index contributed by atoms with van der Waals surface area (Å²) in [7, 11) is 0. The average Bonchev–Trinajstić information content (AvgIpc) is 2.94. The minimum Gasteiger partial charge on any atom is -0.240 e. The van der Waals surface area contributed by atoms with E-state index in [9.17, 15) is 0 Å². The van der Waals surface area contributed by atoms with Crippen LogP contribution in [0.15, 0.2) is 63.3 Å². The smallest absolute Gasteiger partial charge is 0.104 e. The summed E-state index contributed by atoms with van der Waals surface area (Å²) >= 11 is 13.0. The molecule has 0 bridgehead atoms. The van der Waals surface area contributed by atoms with Crippen LogP contribution in [0, 0.1) is 0 Å². The topological polar surface area (TPSA) is 12.9 Å². The van der Waals surface area contributed by atoms with Crippen molar-refractivity contribution in [1.82, 2.24) is 4.98 Å². The van der Waals surface area contributed by atoms with Gasteiger partial charge in [-0.25, -0.2) is 4.98 Å². The Morgan fingerprint density at radius 2 is 2.00 bits per heavy atom. The largest absolute Gasteiger partial charge is 0.240 e. The maximum absolute atomic E-state index is 6.00. The van der Waals surface area contributed by atoms with E-state index in [4.69, 9.17) is 16.6 Å². The number of thiazole rings is 1. The molecule has 0 amide bonds. The second-order valence-corrected chi connectivity index (χ2v) is 7.63. The molecule has 1 aromatic heterocycles. The molecule has 0 radical (unpaired) electrons. The highest BCUT2D eigenvalue weighted by Crippen LogP contribution is 2.31. The molecule has 1 heterocycles. The van der Waals surface area contributed by atoms with Crippen molar-refractivity contribution >= 4 is 50.6 Å². The molecule has 0 saturated heterocycles. The summed E-state index contributed by atoms with van der Waals surface area (Å²) in [5.41, 5.74) is 2.15. The van der Waals surface area contributed by atoms with E-state index in [1.54, 1.807) is 23.1 Å². The van der Waals surface area contributed by atoms with Crippen molar-refractivity contribution < 1.29 is 0 Å². The monoisotopic (exact) mass is 395 g/mol. The van der Waals surface area contributed by atoms with Gasteiger partial charge in [0.2, 0.25) is 0 Å². The quantitative estimate of drug-likeness (QED) is 0.466. The molecular formula is C16H11BrClNS2. The van der Waals surface area contributed by atoms with E-state index >= 15 is 0 Å². The van der Waals surface area contributed by atoms with Gasteiger partial charge >= 0.3 is 0 Å². The maximum Gasteiger partial charge on any atom is 0.104 e. The first-order chi connectivity index (χ1) is 10.2. The number of nitrogens with zero attached hydrogens (tertiary/aromatic N) is 1. The molecule has 0 aliphatic carbocycles. The van der Waals surface area contributed by atoms with Crippen LogP contribution >= 0.6 is 50.6 Å². The van der Waals surface area contributed by atoms with E-state index in [2.05, 4.69) is 33.4 Å². The molecule has 5 heteroatoms. The fraction of sp³-hybridized carbons (Fsp3) is 0.0625. The lowest BCUT2D eigenvalue weighted by molar-refractivity contribution is 1.26. The number of benzene rings is 2. The Hall–Kier alpha value is -0.810. The third-order valence-electron chi connectivity index (χ3n) is 2.86. The van der Waals surface area contributed by atoms with E-state index in [0.29, 0.717) is 0 Å². The van der Waals surface area contributed by atoms with Crippen molar-refractivity contribution in [1.29, 1.82) is 0 Å². The first-order valence-electron chi connectivity index (χ1n) is 6.30. The van der Waals surface area contributed by atoms with E-state index in [1.807, 2.05) is 36.4 Å². The van der Waals surface area contributed by atoms with E-state index in [1.165, 1.54) is 4.90 Å². The van der Waals surface area contributed by atoms with E-state index in [0.717, 1.165) is 31.5 Å². The molecule has 3 rings (SSSR count). The number of halogens is 2. The highest BCUT2D eigenvalue weighted by Gasteiger charge is 2.08. The second kappa shape index (κ2) is 6.97. The molecule has 2 aromatic carbocycles. The zero-order valence-electron chi connectivity index (χ0n) is 10.9. The van der Waals surface area contributed by atoms with Gasteiger partial charge in [0.05, 0.1) is 11.4 Å². The van der Waals surface area contributed by atoms with Crippen LogP contribution in [0.3, 0.4) is 0 Å². The summed E-state index contributed by atoms with van der Waals surface area (Å²) < 4.78 is 1.07. The van der Waals surface area contributed by atoms with Gasteiger partial charge in [-0.3, -0.25) is 0 Å². The molecule has 106 valence electrons. The Kier molecular flexibility index (Phi) is 5.01. The fourth-order valence-electron chi connectivity index (χ4n) is 1.87. The molecule has 1 nitrogen and oxygen atoms in total. The lowest BCUT2D eigenvalue weighted by Crippen LogP contribution is -1.82. The summed E-state index contributed by atoms with van der Waals surface area (Å²) in [6.45, 7) is 0. The number of thioether (sulfide) groups is 1. The molecule has 0 atom stereocenters. The van der Waals surface area contributed by atoms with Gasteiger partial charge in [0.1, 0.15) is 5.01 Å². The van der Waals surface area contributed by atoms with Crippen LogP contribution in [0.5, 0.6) is 0 Å². The molecule has 0 spiro atoms. The molecule has 0 saturated carbocycles. The van der Waals surface area contributed by atoms with Gasteiger partial charge in [-0.15, -0.1) is 23.1 Å². The summed E-state index contributed by atoms with van der Waals surface area (Å²) in [6, 6.07) is 16.1. The molecule has 0 N–H and O–H groups in total. The Balaban J connectivity index is 1.72. The van der Waals surface area contributed by atoms with Crippen molar-refractivity contribution in [2.24, 2.45) is 0 Å². The highest BCUT2D eigenvalue weighted by molar-refractivity contribution is 9.10. The summed E-state index contributed by atoms with van der Waals surface area (Å²) in [4.78, 5) is 5.88. The number of hydrogen-bond donors (Lipinski definition) is 0. The zero-order chi connectivity index (χ0) is 14.7. The lowest BCUT2D eigenvalue weighted by Gasteiger charge is -2.00. The molecule has 0 unspecified atom stereocenters. The highest BCUT2D eigenvalue weighted by atomic mass is 79.9. The number of aromatic nitrogens is 1. The summed E-state index contributed by atoms with van der Waals surface area (Å²) in [5, 5.41) is 3.99. The van der Waals surface area contributed by atoms with Gasteiger partial charge < -0.3 is 0 Å². The standard InChI is InChI=1S/C16H11BrClNS2/c17-14-7-2-1-6-13(14)15-9-21-16(19-15)10-20-12-5-3-4-11(18)8-12/h1-9H,10H2. The van der Waals surface area contributed by atoms with Gasteiger partial charge in [0, 0.05) is 25.3 Å². The first-order valence-corrected chi connectivity index (χ1v) is 9.33. The SMILES string of the molecule is Clc1cccc(SCc2nc(-c3ccccc3Br)cs2)c1. The number of hydrogen-bond acceptors (Lipinski definition) is 3. The van der Waals surface area contributed by atoms with Gasteiger partial charge in [0.15, 0.2) is 0 Å². The Labute approximate surface area is 145 Å². The van der Waals surface area contributed by atoms with E-state index < -0.39 is 0 Å². The van der Waals surface area contributed by atoms with Crippen LogP contribution < -0.4 is 0 Å². The predicted molar refractivity (Wildman–Crippen MR) is 96.3 cm³/mol. The Morgan fingerprint density at radius 3 is 2.81 bits per heavy atom. The van der Waals surface area contributed by atoms with Crippen LogP contribution in [0.25, 0.3) is 11.3 Å².